The van der Waals surface area contributed by atoms with E-state index in [4.69, 9.17) is 18.6 Å². The van der Waals surface area contributed by atoms with E-state index in [1.807, 2.05) is 24.3 Å². The van der Waals surface area contributed by atoms with Crippen LogP contribution in [0.1, 0.15) is 16.9 Å². The molecule has 4 rings (SSSR count). The largest absolute Gasteiger partial charge is 0.502 e. The van der Waals surface area contributed by atoms with Gasteiger partial charge >= 0.3 is 0 Å². The van der Waals surface area contributed by atoms with E-state index in [-0.39, 0.29) is 29.7 Å². The molecule has 1 amide bonds. The fourth-order valence-corrected chi connectivity index (χ4v) is 4.27. The Morgan fingerprint density at radius 2 is 1.74 bits per heavy atom. The number of phenolic OH excluding ortho intramolecular Hbond substituents is 1. The minimum absolute atomic E-state index is 0.105. The van der Waals surface area contributed by atoms with Crippen molar-refractivity contribution in [1.82, 2.24) is 4.90 Å². The van der Waals surface area contributed by atoms with Gasteiger partial charge in [-0.25, -0.2) is 0 Å². The van der Waals surface area contributed by atoms with E-state index in [2.05, 4.69) is 10.2 Å². The number of rotatable bonds is 8. The molecule has 0 atom stereocenters. The number of carbonyl (C=O) groups is 1. The number of furan rings is 1. The van der Waals surface area contributed by atoms with Crippen molar-refractivity contribution in [2.75, 3.05) is 21.3 Å². The van der Waals surface area contributed by atoms with Crippen molar-refractivity contribution < 1.29 is 28.5 Å². The van der Waals surface area contributed by atoms with Crippen LogP contribution in [-0.4, -0.2) is 48.6 Å². The van der Waals surface area contributed by atoms with Gasteiger partial charge in [0.15, 0.2) is 16.7 Å². The monoisotopic (exact) mass is 493 g/mol. The maximum atomic E-state index is 13.2. The highest BCUT2D eigenvalue weighted by molar-refractivity contribution is 8.18. The predicted molar refractivity (Wildman–Crippen MR) is 134 cm³/mol. The van der Waals surface area contributed by atoms with Gasteiger partial charge in [-0.05, 0) is 48.2 Å². The maximum absolute atomic E-state index is 13.2. The van der Waals surface area contributed by atoms with E-state index in [9.17, 15) is 9.90 Å². The summed E-state index contributed by atoms with van der Waals surface area (Å²) < 4.78 is 21.2. The minimum Gasteiger partial charge on any atom is -0.502 e. The molecule has 2 aromatic carbocycles. The number of amides is 1. The number of thioether (sulfide) groups is 1. The zero-order chi connectivity index (χ0) is 24.8. The number of carbonyl (C=O) groups excluding carboxylic acids is 1. The van der Waals surface area contributed by atoms with Gasteiger partial charge in [0.1, 0.15) is 11.5 Å². The first-order valence-electron chi connectivity index (χ1n) is 10.5. The number of methoxy groups -OCH3 is 3. The van der Waals surface area contributed by atoms with Gasteiger partial charge in [0.2, 0.25) is 5.75 Å². The molecule has 0 unspecified atom stereocenters. The molecule has 0 saturated carbocycles. The number of benzene rings is 2. The summed E-state index contributed by atoms with van der Waals surface area (Å²) in [5.41, 5.74) is 1.37. The van der Waals surface area contributed by atoms with Crippen molar-refractivity contribution in [3.8, 4) is 23.0 Å². The van der Waals surface area contributed by atoms with E-state index < -0.39 is 0 Å². The molecular formula is C25H23N3O6S. The van der Waals surface area contributed by atoms with Crippen molar-refractivity contribution >= 4 is 35.1 Å². The molecule has 1 fully saturated rings. The van der Waals surface area contributed by atoms with Crippen LogP contribution in [0.25, 0.3) is 6.08 Å². The van der Waals surface area contributed by atoms with Crippen LogP contribution in [0.2, 0.25) is 0 Å². The predicted octanol–water partition coefficient (Wildman–Crippen LogP) is 4.52. The Morgan fingerprint density at radius 1 is 1.03 bits per heavy atom. The van der Waals surface area contributed by atoms with E-state index in [1.54, 1.807) is 43.7 Å². The average molecular weight is 494 g/mol. The lowest BCUT2D eigenvalue weighted by atomic mass is 10.2. The summed E-state index contributed by atoms with van der Waals surface area (Å²) in [5, 5.41) is 18.9. The molecule has 3 aromatic rings. The number of para-hydroxylation sites is 1. The number of ether oxygens (including phenoxy) is 3. The summed E-state index contributed by atoms with van der Waals surface area (Å²) in [4.78, 5) is 15.2. The van der Waals surface area contributed by atoms with Crippen LogP contribution in [0.3, 0.4) is 0 Å². The summed E-state index contributed by atoms with van der Waals surface area (Å²) in [5.74, 6) is 1.42. The highest BCUT2D eigenvalue weighted by Gasteiger charge is 2.34. The molecule has 1 aliphatic rings. The second-order valence-electron chi connectivity index (χ2n) is 7.22. The lowest BCUT2D eigenvalue weighted by molar-refractivity contribution is -0.122. The lowest BCUT2D eigenvalue weighted by Gasteiger charge is -2.12. The zero-order valence-corrected chi connectivity index (χ0v) is 20.1. The maximum Gasteiger partial charge on any atom is 0.267 e. The Kier molecular flexibility index (Phi) is 7.41. The first-order valence-corrected chi connectivity index (χ1v) is 11.3. The Labute approximate surface area is 206 Å². The molecule has 2 heterocycles. The SMILES string of the molecule is COc1ccccc1/C=C1\S/C(=N\N=C\c2cc(OC)c(O)c(OC)c2)N(Cc2ccco2)C1=O. The molecule has 1 aromatic heterocycles. The molecule has 1 aliphatic heterocycles. The number of amidine groups is 1. The average Bonchev–Trinajstić information content (AvgIpc) is 3.49. The summed E-state index contributed by atoms with van der Waals surface area (Å²) in [6.45, 7) is 0.206. The Hall–Kier alpha value is -4.18. The highest BCUT2D eigenvalue weighted by atomic mass is 32.2. The fourth-order valence-electron chi connectivity index (χ4n) is 3.34. The van der Waals surface area contributed by atoms with Gasteiger partial charge in [0, 0.05) is 11.1 Å². The lowest BCUT2D eigenvalue weighted by Crippen LogP contribution is -2.28. The van der Waals surface area contributed by atoms with Crippen LogP contribution < -0.4 is 14.2 Å². The molecule has 10 heteroatoms. The normalized spacial score (nSPS) is 16.0. The molecule has 9 nitrogen and oxygen atoms in total. The third-order valence-electron chi connectivity index (χ3n) is 5.06. The molecule has 35 heavy (non-hydrogen) atoms. The fraction of sp³-hybridized carbons (Fsp3) is 0.160. The van der Waals surface area contributed by atoms with Crippen LogP contribution in [0, 0.1) is 0 Å². The van der Waals surface area contributed by atoms with Crippen LogP contribution in [0.5, 0.6) is 23.0 Å². The van der Waals surface area contributed by atoms with Crippen LogP contribution in [0.15, 0.2) is 74.3 Å². The van der Waals surface area contributed by atoms with E-state index in [0.29, 0.717) is 27.1 Å². The van der Waals surface area contributed by atoms with Crippen molar-refractivity contribution in [3.63, 3.8) is 0 Å². The summed E-state index contributed by atoms with van der Waals surface area (Å²) in [6.07, 6.45) is 4.80. The van der Waals surface area contributed by atoms with Gasteiger partial charge in [0.05, 0.1) is 45.3 Å². The van der Waals surface area contributed by atoms with Crippen molar-refractivity contribution in [3.05, 3.63) is 76.6 Å². The van der Waals surface area contributed by atoms with Crippen molar-refractivity contribution in [2.24, 2.45) is 10.2 Å². The standard InChI is InChI=1S/C25H23N3O6S/c1-31-19-9-5-4-7-17(19)13-22-24(30)28(15-18-8-6-10-34-18)25(35-22)27-26-14-16-11-20(32-2)23(29)21(12-16)33-3/h4-14,29H,15H2,1-3H3/b22-13-,26-14+,27-25-. The molecule has 1 saturated heterocycles. The van der Waals surface area contributed by atoms with Crippen LogP contribution >= 0.6 is 11.8 Å². The van der Waals surface area contributed by atoms with Crippen LogP contribution in [-0.2, 0) is 11.3 Å². The third kappa shape index (κ3) is 5.33. The molecule has 0 bridgehead atoms. The molecular weight excluding hydrogens is 470 g/mol. The van der Waals surface area contributed by atoms with Gasteiger partial charge in [-0.1, -0.05) is 18.2 Å². The Bertz CT molecular complexity index is 1280. The van der Waals surface area contributed by atoms with Crippen LogP contribution in [0.4, 0.5) is 0 Å². The summed E-state index contributed by atoms with van der Waals surface area (Å²) in [7, 11) is 4.47. The smallest absolute Gasteiger partial charge is 0.267 e. The summed E-state index contributed by atoms with van der Waals surface area (Å²) in [6, 6.07) is 14.2. The first kappa shape index (κ1) is 24.0. The first-order chi connectivity index (χ1) is 17.0. The van der Waals surface area contributed by atoms with Gasteiger partial charge in [-0.15, -0.1) is 5.10 Å². The minimum atomic E-state index is -0.223. The third-order valence-corrected chi connectivity index (χ3v) is 6.06. The topological polar surface area (TPSA) is 106 Å². The van der Waals surface area contributed by atoms with Gasteiger partial charge < -0.3 is 23.7 Å². The van der Waals surface area contributed by atoms with Gasteiger partial charge in [-0.2, -0.15) is 5.10 Å². The highest BCUT2D eigenvalue weighted by Crippen LogP contribution is 2.37. The Balaban J connectivity index is 1.66. The molecule has 1 N–H and O–H groups in total. The second kappa shape index (κ2) is 10.8. The Morgan fingerprint density at radius 3 is 2.40 bits per heavy atom. The quantitative estimate of drug-likeness (QED) is 0.279. The molecule has 180 valence electrons. The van der Waals surface area contributed by atoms with Crippen molar-refractivity contribution in [1.29, 1.82) is 0 Å². The van der Waals surface area contributed by atoms with Gasteiger partial charge in [-0.3, -0.25) is 9.69 Å². The van der Waals surface area contributed by atoms with E-state index in [0.717, 1.165) is 5.56 Å². The van der Waals surface area contributed by atoms with E-state index in [1.165, 1.54) is 37.1 Å². The van der Waals surface area contributed by atoms with Crippen molar-refractivity contribution in [2.45, 2.75) is 6.54 Å². The van der Waals surface area contributed by atoms with Gasteiger partial charge in [0.25, 0.3) is 5.91 Å². The molecule has 0 spiro atoms. The zero-order valence-electron chi connectivity index (χ0n) is 19.3. The number of hydrogen-bond acceptors (Lipinski definition) is 9. The number of aromatic hydroxyl groups is 1. The molecule has 0 aliphatic carbocycles. The summed E-state index contributed by atoms with van der Waals surface area (Å²) >= 11 is 1.20. The molecule has 0 radical (unpaired) electrons. The van der Waals surface area contributed by atoms with E-state index >= 15 is 0 Å². The number of phenols is 1. The second-order valence-corrected chi connectivity index (χ2v) is 8.23. The number of nitrogens with zero attached hydrogens (tertiary/aromatic N) is 3. The number of hydrogen-bond donors (Lipinski definition) is 1.